The first-order valence-electron chi connectivity index (χ1n) is 15.7. The number of carbonyl (C=O) groups is 6. The Morgan fingerprint density at radius 1 is 0.872 bits per heavy atom. The zero-order valence-electron chi connectivity index (χ0n) is 26.9. The number of nitrogens with one attached hydrogen (secondary N) is 4. The second kappa shape index (κ2) is 15.5. The number of Topliss-reactive ketones (excluding diaryl/α,β-unsaturated/α-hetero) is 2. The minimum absolute atomic E-state index is 0.0539. The number of rotatable bonds is 14. The first kappa shape index (κ1) is 34.9. The van der Waals surface area contributed by atoms with E-state index in [9.17, 15) is 28.8 Å². The highest BCUT2D eigenvalue weighted by molar-refractivity contribution is 6.22. The van der Waals surface area contributed by atoms with Crippen LogP contribution in [0.1, 0.15) is 69.9 Å². The monoisotopic (exact) mass is 646 g/mol. The number of carbonyl (C=O) groups excluding carboxylic acids is 5. The number of aliphatic carboxylic acids is 1. The highest BCUT2D eigenvalue weighted by Gasteiger charge is 2.36. The van der Waals surface area contributed by atoms with Gasteiger partial charge in [0.15, 0.2) is 11.6 Å². The topological polar surface area (TPSA) is 180 Å². The van der Waals surface area contributed by atoms with Crippen LogP contribution in [0.2, 0.25) is 0 Å². The van der Waals surface area contributed by atoms with Gasteiger partial charge in [0.25, 0.3) is 0 Å². The standard InChI is InChI=1S/C35H42N4O8/c1-21(32-28(40)16-35(2,3)17-29(32)41)36-15-9-8-14-27(33(45)38-18-30(42)37-19-31(43)44)39-34(46)47-20-26-24-12-6-4-10-22(24)23-11-5-7-13-25(23)26/h4-7,10-13,26-27,36H,8-9,14-20H2,1-3H3,(H,37,42)(H,38,45)(H,39,46)(H,43,44)/t27-/m0/s1. The molecular weight excluding hydrogens is 604 g/mol. The lowest BCUT2D eigenvalue weighted by molar-refractivity contribution is -0.138. The maximum atomic E-state index is 13.0. The molecule has 47 heavy (non-hydrogen) atoms. The average molecular weight is 647 g/mol. The summed E-state index contributed by atoms with van der Waals surface area (Å²) in [5.41, 5.74) is 4.62. The molecule has 0 radical (unpaired) electrons. The third-order valence-corrected chi connectivity index (χ3v) is 8.33. The molecule has 0 spiro atoms. The number of amides is 3. The van der Waals surface area contributed by atoms with Crippen LogP contribution < -0.4 is 21.3 Å². The quantitative estimate of drug-likeness (QED) is 0.117. The molecule has 1 saturated carbocycles. The Hall–Kier alpha value is -5.00. The van der Waals surface area contributed by atoms with Crippen molar-refractivity contribution in [2.24, 2.45) is 5.41 Å². The Balaban J connectivity index is 1.33. The molecule has 3 amide bonds. The smallest absolute Gasteiger partial charge is 0.407 e. The van der Waals surface area contributed by atoms with Gasteiger partial charge in [0.2, 0.25) is 11.8 Å². The third-order valence-electron chi connectivity index (χ3n) is 8.33. The maximum Gasteiger partial charge on any atom is 0.407 e. The zero-order valence-corrected chi connectivity index (χ0v) is 26.9. The molecule has 4 rings (SSSR count). The summed E-state index contributed by atoms with van der Waals surface area (Å²) in [4.78, 5) is 73.9. The van der Waals surface area contributed by atoms with E-state index in [2.05, 4.69) is 21.3 Å². The highest BCUT2D eigenvalue weighted by Crippen LogP contribution is 2.44. The van der Waals surface area contributed by atoms with E-state index in [1.165, 1.54) is 0 Å². The molecule has 0 aromatic heterocycles. The second-order valence-electron chi connectivity index (χ2n) is 12.7. The normalized spacial score (nSPS) is 15.6. The van der Waals surface area contributed by atoms with Crippen molar-refractivity contribution in [3.8, 4) is 11.1 Å². The van der Waals surface area contributed by atoms with E-state index in [1.54, 1.807) is 6.92 Å². The number of unbranched alkanes of at least 4 members (excludes halogenated alkanes) is 1. The number of hydrogen-bond acceptors (Lipinski definition) is 8. The van der Waals surface area contributed by atoms with Crippen LogP contribution in [0.4, 0.5) is 4.79 Å². The van der Waals surface area contributed by atoms with Gasteiger partial charge in [0.05, 0.1) is 12.1 Å². The average Bonchev–Trinajstić information content (AvgIpc) is 3.33. The van der Waals surface area contributed by atoms with Gasteiger partial charge in [-0.05, 0) is 53.9 Å². The summed E-state index contributed by atoms with van der Waals surface area (Å²) < 4.78 is 5.61. The molecule has 5 N–H and O–H groups in total. The minimum atomic E-state index is -1.22. The lowest BCUT2D eigenvalue weighted by Crippen LogP contribution is -2.49. The predicted molar refractivity (Wildman–Crippen MR) is 173 cm³/mol. The summed E-state index contributed by atoms with van der Waals surface area (Å²) in [6.07, 6.45) is 1.04. The molecule has 0 heterocycles. The third kappa shape index (κ3) is 9.27. The lowest BCUT2D eigenvalue weighted by atomic mass is 9.73. The molecule has 12 nitrogen and oxygen atoms in total. The van der Waals surface area contributed by atoms with Crippen LogP contribution in [-0.4, -0.2) is 72.8 Å². The highest BCUT2D eigenvalue weighted by atomic mass is 16.5. The number of ketones is 2. The van der Waals surface area contributed by atoms with Crippen molar-refractivity contribution in [1.29, 1.82) is 0 Å². The summed E-state index contributed by atoms with van der Waals surface area (Å²) in [5.74, 6) is -3.06. The van der Waals surface area contributed by atoms with Gasteiger partial charge in [-0.3, -0.25) is 24.0 Å². The predicted octanol–water partition coefficient (Wildman–Crippen LogP) is 3.20. The molecular formula is C35H42N4O8. The van der Waals surface area contributed by atoms with Gasteiger partial charge in [-0.2, -0.15) is 0 Å². The molecule has 1 fully saturated rings. The molecule has 2 aliphatic rings. The number of fused-ring (bicyclic) bond motifs is 3. The van der Waals surface area contributed by atoms with Crippen molar-refractivity contribution in [1.82, 2.24) is 21.3 Å². The van der Waals surface area contributed by atoms with Crippen molar-refractivity contribution in [2.45, 2.75) is 64.8 Å². The Morgan fingerprint density at radius 2 is 1.47 bits per heavy atom. The van der Waals surface area contributed by atoms with Crippen LogP contribution in [0, 0.1) is 5.41 Å². The SMILES string of the molecule is CC(NCCCC[C@H](NC(=O)OCC1c2ccccc2-c2ccccc21)C(=O)NCC(=O)NCC(=O)O)=C1C(=O)CC(C)(C)CC1=O. The number of carboxylic acid groups (broad SMARTS) is 1. The van der Waals surface area contributed by atoms with E-state index >= 15 is 0 Å². The van der Waals surface area contributed by atoms with Crippen molar-refractivity contribution in [2.75, 3.05) is 26.2 Å². The minimum Gasteiger partial charge on any atom is -0.480 e. The summed E-state index contributed by atoms with van der Waals surface area (Å²) in [5, 5.41) is 19.1. The molecule has 0 unspecified atom stereocenters. The van der Waals surface area contributed by atoms with Crippen LogP contribution in [0.15, 0.2) is 59.8 Å². The summed E-state index contributed by atoms with van der Waals surface area (Å²) in [7, 11) is 0. The number of carboxylic acids is 1. The Morgan fingerprint density at radius 3 is 2.06 bits per heavy atom. The lowest BCUT2D eigenvalue weighted by Gasteiger charge is -2.29. The summed E-state index contributed by atoms with van der Waals surface area (Å²) >= 11 is 0. The molecule has 2 aliphatic carbocycles. The van der Waals surface area contributed by atoms with Crippen LogP contribution in [0.25, 0.3) is 11.1 Å². The number of hydrogen-bond donors (Lipinski definition) is 5. The van der Waals surface area contributed by atoms with Crippen LogP contribution in [-0.2, 0) is 28.7 Å². The molecule has 2 aromatic carbocycles. The van der Waals surface area contributed by atoms with Gasteiger partial charge in [-0.25, -0.2) is 4.79 Å². The molecule has 250 valence electrons. The number of benzene rings is 2. The summed E-state index contributed by atoms with van der Waals surface area (Å²) in [6, 6.07) is 14.8. The van der Waals surface area contributed by atoms with Gasteiger partial charge in [-0.15, -0.1) is 0 Å². The Bertz CT molecular complexity index is 1510. The molecule has 0 aliphatic heterocycles. The van der Waals surface area contributed by atoms with E-state index in [-0.39, 0.29) is 41.5 Å². The fourth-order valence-corrected chi connectivity index (χ4v) is 6.10. The fraction of sp³-hybridized carbons (Fsp3) is 0.429. The second-order valence-corrected chi connectivity index (χ2v) is 12.7. The molecule has 12 heteroatoms. The van der Waals surface area contributed by atoms with E-state index in [0.717, 1.165) is 22.3 Å². The summed E-state index contributed by atoms with van der Waals surface area (Å²) in [6.45, 7) is 4.92. The molecule has 2 aromatic rings. The van der Waals surface area contributed by atoms with Crippen molar-refractivity contribution in [3.63, 3.8) is 0 Å². The first-order valence-corrected chi connectivity index (χ1v) is 15.7. The van der Waals surface area contributed by atoms with Gasteiger partial charge in [0.1, 0.15) is 19.2 Å². The van der Waals surface area contributed by atoms with E-state index in [4.69, 9.17) is 9.84 Å². The van der Waals surface area contributed by atoms with Gasteiger partial charge in [-0.1, -0.05) is 62.4 Å². The number of allylic oxidation sites excluding steroid dienone is 2. The Kier molecular flexibility index (Phi) is 11.5. The van der Waals surface area contributed by atoms with Gasteiger partial charge >= 0.3 is 12.1 Å². The number of ether oxygens (including phenoxy) is 1. The first-order chi connectivity index (χ1) is 22.4. The van der Waals surface area contributed by atoms with Crippen molar-refractivity contribution in [3.05, 3.63) is 70.9 Å². The van der Waals surface area contributed by atoms with Crippen LogP contribution in [0.3, 0.4) is 0 Å². The largest absolute Gasteiger partial charge is 0.480 e. The van der Waals surface area contributed by atoms with Gasteiger partial charge in [0, 0.05) is 31.0 Å². The van der Waals surface area contributed by atoms with Crippen LogP contribution >= 0.6 is 0 Å². The van der Waals surface area contributed by atoms with Crippen LogP contribution in [0.5, 0.6) is 0 Å². The van der Waals surface area contributed by atoms with Gasteiger partial charge < -0.3 is 31.1 Å². The van der Waals surface area contributed by atoms with E-state index < -0.39 is 43.0 Å². The molecule has 0 bridgehead atoms. The Labute approximate surface area is 273 Å². The van der Waals surface area contributed by atoms with E-state index in [0.29, 0.717) is 37.9 Å². The van der Waals surface area contributed by atoms with Crippen molar-refractivity contribution < 1.29 is 38.6 Å². The van der Waals surface area contributed by atoms with E-state index in [1.807, 2.05) is 62.4 Å². The number of alkyl carbamates (subject to hydrolysis) is 1. The zero-order chi connectivity index (χ0) is 34.1. The molecule has 0 saturated heterocycles. The molecule has 1 atom stereocenters. The van der Waals surface area contributed by atoms with Crippen molar-refractivity contribution >= 4 is 35.4 Å². The maximum absolute atomic E-state index is 13.0. The fourth-order valence-electron chi connectivity index (χ4n) is 6.10.